The van der Waals surface area contributed by atoms with Crippen LogP contribution >= 0.6 is 0 Å². The number of fused-ring (bicyclic) bond motifs is 1. The number of nitrogens with zero attached hydrogens (tertiary/aromatic N) is 2. The highest BCUT2D eigenvalue weighted by Gasteiger charge is 2.23. The quantitative estimate of drug-likeness (QED) is 0.797. The van der Waals surface area contributed by atoms with E-state index in [1.165, 1.54) is 13.8 Å². The maximum absolute atomic E-state index is 11.7. The van der Waals surface area contributed by atoms with Crippen molar-refractivity contribution in [1.82, 2.24) is 15.0 Å². The number of pyridine rings is 1. The first kappa shape index (κ1) is 10.8. The smallest absolute Gasteiger partial charge is 0.201 e. The minimum atomic E-state index is -1.27. The first-order valence-corrected chi connectivity index (χ1v) is 4.99. The molecule has 5 nitrogen and oxygen atoms in total. The highest BCUT2D eigenvalue weighted by molar-refractivity contribution is 5.96. The topological polar surface area (TPSA) is 78.5 Å². The highest BCUT2D eigenvalue weighted by atomic mass is 16.3. The third-order valence-corrected chi connectivity index (χ3v) is 2.14. The van der Waals surface area contributed by atoms with E-state index in [1.807, 2.05) is 0 Å². The summed E-state index contributed by atoms with van der Waals surface area (Å²) >= 11 is 0. The van der Waals surface area contributed by atoms with Gasteiger partial charge in [-0.15, -0.1) is 0 Å². The molecule has 0 aromatic carbocycles. The molecule has 2 aromatic heterocycles. The fourth-order valence-electron chi connectivity index (χ4n) is 1.46. The van der Waals surface area contributed by atoms with Crippen LogP contribution in [0.15, 0.2) is 18.5 Å². The molecule has 0 saturated heterocycles. The van der Waals surface area contributed by atoms with Crippen LogP contribution in [0.5, 0.6) is 0 Å². The lowest BCUT2D eigenvalue weighted by atomic mass is 10.0. The van der Waals surface area contributed by atoms with Crippen molar-refractivity contribution in [2.45, 2.75) is 25.9 Å². The molecule has 0 aliphatic heterocycles. The molecule has 2 rings (SSSR count). The number of carbonyl (C=O) groups is 1. The molecule has 0 amide bonds. The van der Waals surface area contributed by atoms with Gasteiger partial charge in [0.1, 0.15) is 11.1 Å². The summed E-state index contributed by atoms with van der Waals surface area (Å²) in [7, 11) is 0. The van der Waals surface area contributed by atoms with Gasteiger partial charge in [0.25, 0.3) is 0 Å². The van der Waals surface area contributed by atoms with Crippen LogP contribution in [0.2, 0.25) is 0 Å². The molecule has 83 valence electrons. The second-order valence-corrected chi connectivity index (χ2v) is 4.34. The molecule has 0 saturated carbocycles. The van der Waals surface area contributed by atoms with Gasteiger partial charge >= 0.3 is 0 Å². The summed E-state index contributed by atoms with van der Waals surface area (Å²) in [6.07, 6.45) is 3.12. The number of nitrogens with one attached hydrogen (secondary N) is 1. The standard InChI is InChI=1S/C11H12N3O2/c1-11(2,16)5-9(15)10-13-7-3-4-12-6-8(7)14-10/h3-4,6H,5H2,1-2H3,(H,13,14). The van der Waals surface area contributed by atoms with Crippen molar-refractivity contribution in [3.8, 4) is 0 Å². The fraction of sp³-hybridized carbons (Fsp3) is 0.364. The van der Waals surface area contributed by atoms with Crippen molar-refractivity contribution >= 4 is 16.8 Å². The average Bonchev–Trinajstić information content (AvgIpc) is 2.58. The molecule has 0 aliphatic rings. The molecule has 5 heteroatoms. The van der Waals surface area contributed by atoms with Crippen LogP contribution in [0.3, 0.4) is 0 Å². The van der Waals surface area contributed by atoms with E-state index >= 15 is 0 Å². The number of hydrogen-bond donors (Lipinski definition) is 1. The Morgan fingerprint density at radius 1 is 1.50 bits per heavy atom. The van der Waals surface area contributed by atoms with Gasteiger partial charge in [0, 0.05) is 12.6 Å². The zero-order chi connectivity index (χ0) is 11.8. The Labute approximate surface area is 92.5 Å². The number of hydrogen-bond acceptors (Lipinski definition) is 3. The van der Waals surface area contributed by atoms with Crippen molar-refractivity contribution in [2.75, 3.05) is 0 Å². The molecule has 2 heterocycles. The zero-order valence-electron chi connectivity index (χ0n) is 9.15. The first-order valence-electron chi connectivity index (χ1n) is 4.99. The zero-order valence-corrected chi connectivity index (χ0v) is 9.15. The number of ketones is 1. The van der Waals surface area contributed by atoms with E-state index < -0.39 is 5.60 Å². The normalized spacial score (nSPS) is 11.9. The number of imidazole rings is 1. The van der Waals surface area contributed by atoms with Crippen LogP contribution in [-0.2, 0) is 5.11 Å². The molecule has 0 aliphatic carbocycles. The molecule has 2 aromatic rings. The van der Waals surface area contributed by atoms with E-state index in [0.29, 0.717) is 5.52 Å². The molecule has 1 radical (unpaired) electrons. The summed E-state index contributed by atoms with van der Waals surface area (Å²) in [4.78, 5) is 22.6. The van der Waals surface area contributed by atoms with Crippen LogP contribution in [0.4, 0.5) is 0 Å². The van der Waals surface area contributed by atoms with Gasteiger partial charge < -0.3 is 4.98 Å². The SMILES string of the molecule is CC(C)([O])CC(=O)c1nc2cnccc2[nH]1. The Kier molecular flexibility index (Phi) is 2.47. The van der Waals surface area contributed by atoms with Gasteiger partial charge in [0.15, 0.2) is 5.82 Å². The van der Waals surface area contributed by atoms with Gasteiger partial charge in [-0.1, -0.05) is 0 Å². The Bertz CT molecular complexity index is 492. The Morgan fingerprint density at radius 3 is 2.88 bits per heavy atom. The van der Waals surface area contributed by atoms with Gasteiger partial charge in [-0.25, -0.2) is 10.1 Å². The molecule has 1 N–H and O–H groups in total. The number of H-pyrrole nitrogens is 1. The maximum atomic E-state index is 11.7. The second-order valence-electron chi connectivity index (χ2n) is 4.34. The van der Waals surface area contributed by atoms with Crippen LogP contribution < -0.4 is 0 Å². The molecule has 0 unspecified atom stereocenters. The Balaban J connectivity index is 2.30. The summed E-state index contributed by atoms with van der Waals surface area (Å²) in [5.41, 5.74) is 0.116. The molecular formula is C11H12N3O2. The van der Waals surface area contributed by atoms with Crippen molar-refractivity contribution in [3.05, 3.63) is 24.3 Å². The minimum absolute atomic E-state index is 0.0692. The van der Waals surface area contributed by atoms with E-state index in [-0.39, 0.29) is 18.0 Å². The van der Waals surface area contributed by atoms with Gasteiger partial charge in [0.05, 0.1) is 11.7 Å². The third kappa shape index (κ3) is 2.25. The number of aromatic amines is 1. The third-order valence-electron chi connectivity index (χ3n) is 2.14. The number of rotatable bonds is 3. The van der Waals surface area contributed by atoms with Crippen LogP contribution in [0, 0.1) is 0 Å². The lowest BCUT2D eigenvalue weighted by Crippen LogP contribution is -2.22. The Hall–Kier alpha value is -1.75. The van der Waals surface area contributed by atoms with E-state index in [2.05, 4.69) is 15.0 Å². The summed E-state index contributed by atoms with van der Waals surface area (Å²) < 4.78 is 0. The summed E-state index contributed by atoms with van der Waals surface area (Å²) in [6.45, 7) is 2.96. The van der Waals surface area contributed by atoms with E-state index in [0.717, 1.165) is 5.52 Å². The lowest BCUT2D eigenvalue weighted by Gasteiger charge is -2.10. The van der Waals surface area contributed by atoms with Crippen LogP contribution in [-0.4, -0.2) is 26.3 Å². The maximum Gasteiger partial charge on any atom is 0.201 e. The van der Waals surface area contributed by atoms with E-state index in [1.54, 1.807) is 18.5 Å². The summed E-state index contributed by atoms with van der Waals surface area (Å²) in [6, 6.07) is 1.74. The minimum Gasteiger partial charge on any atom is -0.335 e. The van der Waals surface area contributed by atoms with Crippen LogP contribution in [0.1, 0.15) is 30.9 Å². The number of carbonyl (C=O) groups excluding carboxylic acids is 1. The molecule has 16 heavy (non-hydrogen) atoms. The molecule has 0 fully saturated rings. The monoisotopic (exact) mass is 218 g/mol. The molecule has 0 spiro atoms. The van der Waals surface area contributed by atoms with E-state index in [9.17, 15) is 9.90 Å². The summed E-state index contributed by atoms with van der Waals surface area (Å²) in [5.74, 6) is -0.0388. The Morgan fingerprint density at radius 2 is 2.25 bits per heavy atom. The van der Waals surface area contributed by atoms with Gasteiger partial charge in [0.2, 0.25) is 5.78 Å². The molecule has 0 atom stereocenters. The average molecular weight is 218 g/mol. The van der Waals surface area contributed by atoms with Crippen molar-refractivity contribution in [1.29, 1.82) is 0 Å². The fourth-order valence-corrected chi connectivity index (χ4v) is 1.46. The van der Waals surface area contributed by atoms with E-state index in [4.69, 9.17) is 0 Å². The molecule has 0 bridgehead atoms. The first-order chi connectivity index (χ1) is 7.46. The van der Waals surface area contributed by atoms with Crippen molar-refractivity contribution < 1.29 is 9.90 Å². The van der Waals surface area contributed by atoms with Gasteiger partial charge in [-0.3, -0.25) is 9.78 Å². The second kappa shape index (κ2) is 3.68. The molecular weight excluding hydrogens is 206 g/mol. The lowest BCUT2D eigenvalue weighted by molar-refractivity contribution is 0.000634. The predicted molar refractivity (Wildman–Crippen MR) is 57.6 cm³/mol. The van der Waals surface area contributed by atoms with Crippen molar-refractivity contribution in [2.24, 2.45) is 0 Å². The van der Waals surface area contributed by atoms with Gasteiger partial charge in [-0.05, 0) is 19.9 Å². The highest BCUT2D eigenvalue weighted by Crippen LogP contribution is 2.15. The predicted octanol–water partition coefficient (Wildman–Crippen LogP) is 1.74. The van der Waals surface area contributed by atoms with Crippen molar-refractivity contribution in [3.63, 3.8) is 0 Å². The summed E-state index contributed by atoms with van der Waals surface area (Å²) in [5, 5.41) is 11.4. The van der Waals surface area contributed by atoms with Gasteiger partial charge in [-0.2, -0.15) is 0 Å². The number of aromatic nitrogens is 3. The van der Waals surface area contributed by atoms with Crippen LogP contribution in [0.25, 0.3) is 11.0 Å². The number of Topliss-reactive ketones (excluding diaryl/α,β-unsaturated/α-hetero) is 1. The largest absolute Gasteiger partial charge is 0.335 e.